The Balaban J connectivity index is 1.84. The van der Waals surface area contributed by atoms with Crippen LogP contribution in [0.15, 0.2) is 85.9 Å². The van der Waals surface area contributed by atoms with Gasteiger partial charge < -0.3 is 9.47 Å². The highest BCUT2D eigenvalue weighted by molar-refractivity contribution is 9.11. The van der Waals surface area contributed by atoms with E-state index in [1.165, 1.54) is 22.7 Å². The first kappa shape index (κ1) is 24.4. The third kappa shape index (κ3) is 4.61. The summed E-state index contributed by atoms with van der Waals surface area (Å²) in [4.78, 5) is 33.6. The molecule has 0 amide bonds. The van der Waals surface area contributed by atoms with E-state index in [-0.39, 0.29) is 12.2 Å². The second-order valence-electron chi connectivity index (χ2n) is 7.85. The Morgan fingerprint density at radius 2 is 1.92 bits per heavy atom. The van der Waals surface area contributed by atoms with Crippen LogP contribution in [0.1, 0.15) is 29.0 Å². The summed E-state index contributed by atoms with van der Waals surface area (Å²) >= 11 is 6.32. The topological polar surface area (TPSA) is 69.9 Å². The summed E-state index contributed by atoms with van der Waals surface area (Å²) in [6.45, 7) is 1.96. The van der Waals surface area contributed by atoms with Crippen molar-refractivity contribution >= 4 is 56.3 Å². The Bertz CT molecular complexity index is 1650. The van der Waals surface area contributed by atoms with Crippen molar-refractivity contribution in [3.05, 3.63) is 112 Å². The zero-order valence-corrected chi connectivity index (χ0v) is 22.7. The molecule has 5 rings (SSSR count). The van der Waals surface area contributed by atoms with E-state index >= 15 is 0 Å². The third-order valence-corrected chi connectivity index (χ3v) is 8.20. The molecule has 0 saturated carbocycles. The normalized spacial score (nSPS) is 15.4. The highest BCUT2D eigenvalue weighted by Crippen LogP contribution is 2.36. The second kappa shape index (κ2) is 10.4. The fourth-order valence-corrected chi connectivity index (χ4v) is 6.54. The van der Waals surface area contributed by atoms with Gasteiger partial charge in [0.15, 0.2) is 4.80 Å². The zero-order chi connectivity index (χ0) is 25.2. The molecule has 1 aliphatic rings. The molecule has 0 N–H and O–H groups in total. The maximum Gasteiger partial charge on any atom is 0.338 e. The van der Waals surface area contributed by atoms with Crippen LogP contribution in [0.4, 0.5) is 0 Å². The molecule has 0 fully saturated rings. The Kier molecular flexibility index (Phi) is 7.04. The number of thiazole rings is 1. The molecule has 36 heavy (non-hydrogen) atoms. The van der Waals surface area contributed by atoms with Gasteiger partial charge in [0.25, 0.3) is 5.56 Å². The minimum absolute atomic E-state index is 0.201. The van der Waals surface area contributed by atoms with Crippen molar-refractivity contribution in [3.8, 4) is 5.75 Å². The van der Waals surface area contributed by atoms with Crippen molar-refractivity contribution in [2.45, 2.75) is 13.0 Å². The van der Waals surface area contributed by atoms with Gasteiger partial charge in [0.2, 0.25) is 0 Å². The van der Waals surface area contributed by atoms with Crippen LogP contribution in [0.2, 0.25) is 0 Å². The number of halogens is 1. The molecule has 0 aliphatic carbocycles. The van der Waals surface area contributed by atoms with Crippen LogP contribution in [0.25, 0.3) is 11.8 Å². The van der Waals surface area contributed by atoms with Gasteiger partial charge in [-0.3, -0.25) is 9.36 Å². The van der Waals surface area contributed by atoms with Gasteiger partial charge in [0.05, 0.1) is 39.3 Å². The lowest BCUT2D eigenvalue weighted by Gasteiger charge is -2.26. The number of fused-ring (bicyclic) bond motifs is 1. The zero-order valence-electron chi connectivity index (χ0n) is 19.4. The molecule has 0 saturated heterocycles. The number of nitrogens with zero attached hydrogens (tertiary/aromatic N) is 2. The Labute approximate surface area is 223 Å². The first-order valence-corrected chi connectivity index (χ1v) is 13.6. The maximum atomic E-state index is 13.8. The minimum Gasteiger partial charge on any atom is -0.497 e. The van der Waals surface area contributed by atoms with E-state index < -0.39 is 12.0 Å². The maximum absolute atomic E-state index is 13.8. The van der Waals surface area contributed by atoms with Crippen molar-refractivity contribution < 1.29 is 14.3 Å². The van der Waals surface area contributed by atoms with Crippen LogP contribution >= 0.6 is 38.6 Å². The number of hydrogen-bond donors (Lipinski definition) is 0. The summed E-state index contributed by atoms with van der Waals surface area (Å²) in [6.07, 6.45) is 1.86. The summed E-state index contributed by atoms with van der Waals surface area (Å²) in [6, 6.07) is 20.1. The monoisotopic (exact) mass is 580 g/mol. The number of thiophene rings is 1. The number of esters is 1. The van der Waals surface area contributed by atoms with Crippen LogP contribution in [-0.2, 0) is 9.53 Å². The van der Waals surface area contributed by atoms with Gasteiger partial charge in [-0.2, -0.15) is 0 Å². The Morgan fingerprint density at radius 1 is 1.11 bits per heavy atom. The molecule has 2 aromatic heterocycles. The molecule has 1 aliphatic heterocycles. The number of benzene rings is 2. The average Bonchev–Trinajstić information content (AvgIpc) is 3.45. The van der Waals surface area contributed by atoms with E-state index in [9.17, 15) is 9.59 Å². The molecule has 1 atom stereocenters. The first-order valence-electron chi connectivity index (χ1n) is 11.2. The SMILES string of the molecule is CCOC(=O)C1=C(c2ccccc2)N=c2s/c(=C/c3ccc(Br)s3)c(=O)n2[C@H]1c1cccc(OC)c1. The van der Waals surface area contributed by atoms with Crippen molar-refractivity contribution in [1.82, 2.24) is 4.57 Å². The van der Waals surface area contributed by atoms with Gasteiger partial charge in [-0.15, -0.1) is 11.3 Å². The molecular weight excluding hydrogens is 560 g/mol. The standard InChI is InChI=1S/C27H21BrN2O4S2/c1-3-34-26(32)22-23(16-8-5-4-6-9-16)29-27-30(24(22)17-10-7-11-18(14-17)33-2)25(31)20(36-27)15-19-12-13-21(28)35-19/h4-15,24H,3H2,1-2H3/b20-15+/t24-/m0/s1. The van der Waals surface area contributed by atoms with Crippen LogP contribution in [-0.4, -0.2) is 24.3 Å². The van der Waals surface area contributed by atoms with Crippen molar-refractivity contribution in [2.24, 2.45) is 4.99 Å². The number of carbonyl (C=O) groups excluding carboxylic acids is 1. The lowest BCUT2D eigenvalue weighted by molar-refractivity contribution is -0.138. The van der Waals surface area contributed by atoms with Crippen molar-refractivity contribution in [3.63, 3.8) is 0 Å². The van der Waals surface area contributed by atoms with Gasteiger partial charge in [0.1, 0.15) is 5.75 Å². The van der Waals surface area contributed by atoms with E-state index in [0.717, 1.165) is 19.8 Å². The summed E-state index contributed by atoms with van der Waals surface area (Å²) in [7, 11) is 1.58. The summed E-state index contributed by atoms with van der Waals surface area (Å²) in [5.41, 5.74) is 2.09. The number of hydrogen-bond acceptors (Lipinski definition) is 7. The van der Waals surface area contributed by atoms with Gasteiger partial charge in [0, 0.05) is 10.4 Å². The highest BCUT2D eigenvalue weighted by atomic mass is 79.9. The smallest absolute Gasteiger partial charge is 0.338 e. The lowest BCUT2D eigenvalue weighted by atomic mass is 9.93. The van der Waals surface area contributed by atoms with Gasteiger partial charge in [-0.25, -0.2) is 9.79 Å². The molecule has 2 aromatic carbocycles. The van der Waals surface area contributed by atoms with E-state index in [1.54, 1.807) is 18.6 Å². The molecule has 0 bridgehead atoms. The largest absolute Gasteiger partial charge is 0.497 e. The summed E-state index contributed by atoms with van der Waals surface area (Å²) < 4.78 is 14.0. The lowest BCUT2D eigenvalue weighted by Crippen LogP contribution is -2.40. The highest BCUT2D eigenvalue weighted by Gasteiger charge is 2.35. The molecule has 0 radical (unpaired) electrons. The van der Waals surface area contributed by atoms with Crippen LogP contribution in [0.3, 0.4) is 0 Å². The Morgan fingerprint density at radius 3 is 2.61 bits per heavy atom. The molecule has 182 valence electrons. The molecule has 6 nitrogen and oxygen atoms in total. The van der Waals surface area contributed by atoms with Gasteiger partial charge >= 0.3 is 5.97 Å². The van der Waals surface area contributed by atoms with E-state index in [0.29, 0.717) is 26.4 Å². The molecule has 3 heterocycles. The summed E-state index contributed by atoms with van der Waals surface area (Å²) in [5, 5.41) is 0. The fraction of sp³-hybridized carbons (Fsp3) is 0.148. The molecule has 0 unspecified atom stereocenters. The predicted molar refractivity (Wildman–Crippen MR) is 146 cm³/mol. The van der Waals surface area contributed by atoms with Gasteiger partial charge in [-0.1, -0.05) is 53.8 Å². The molecule has 0 spiro atoms. The van der Waals surface area contributed by atoms with Gasteiger partial charge in [-0.05, 0) is 58.8 Å². The molecular formula is C27H21BrN2O4S2. The quantitative estimate of drug-likeness (QED) is 0.308. The number of methoxy groups -OCH3 is 1. The molecule has 9 heteroatoms. The fourth-order valence-electron chi connectivity index (χ4n) is 4.10. The number of rotatable bonds is 6. The average molecular weight is 582 g/mol. The predicted octanol–water partition coefficient (Wildman–Crippen LogP) is 4.77. The first-order chi connectivity index (χ1) is 17.5. The Hall–Kier alpha value is -3.27. The third-order valence-electron chi connectivity index (χ3n) is 5.65. The van der Waals surface area contributed by atoms with Crippen molar-refractivity contribution in [1.29, 1.82) is 0 Å². The second-order valence-corrected chi connectivity index (χ2v) is 11.4. The number of carbonyl (C=O) groups is 1. The van der Waals surface area contributed by atoms with E-state index in [1.807, 2.05) is 72.8 Å². The van der Waals surface area contributed by atoms with E-state index in [4.69, 9.17) is 14.5 Å². The molecule has 4 aromatic rings. The van der Waals surface area contributed by atoms with Crippen LogP contribution in [0, 0.1) is 0 Å². The number of aromatic nitrogens is 1. The summed E-state index contributed by atoms with van der Waals surface area (Å²) in [5.74, 6) is 0.115. The number of ether oxygens (including phenoxy) is 2. The minimum atomic E-state index is -0.733. The van der Waals surface area contributed by atoms with Crippen LogP contribution < -0.4 is 19.6 Å². The van der Waals surface area contributed by atoms with E-state index in [2.05, 4.69) is 15.9 Å². The van der Waals surface area contributed by atoms with Crippen molar-refractivity contribution in [2.75, 3.05) is 13.7 Å². The van der Waals surface area contributed by atoms with Crippen LogP contribution in [0.5, 0.6) is 5.75 Å².